The maximum Gasteiger partial charge on any atom is 0.504 e. The first-order valence-electron chi connectivity index (χ1n) is 6.96. The van der Waals surface area contributed by atoms with E-state index < -0.39 is 43.7 Å². The van der Waals surface area contributed by atoms with Gasteiger partial charge in [0.15, 0.2) is 6.66 Å². The highest BCUT2D eigenvalue weighted by atomic mass is 31.1. The van der Waals surface area contributed by atoms with E-state index in [1.807, 2.05) is 0 Å². The van der Waals surface area contributed by atoms with Crippen LogP contribution in [0.4, 0.5) is 0 Å². The van der Waals surface area contributed by atoms with Gasteiger partial charge in [0.2, 0.25) is 0 Å². The van der Waals surface area contributed by atoms with Crippen LogP contribution in [0.25, 0.3) is 0 Å². The van der Waals surface area contributed by atoms with Gasteiger partial charge in [0.1, 0.15) is 25.0 Å². The number of aromatic nitrogens is 2. The second-order valence-corrected chi connectivity index (χ2v) is 6.36. The summed E-state index contributed by atoms with van der Waals surface area (Å²) >= 11 is 0. The molecule has 2 heterocycles. The Labute approximate surface area is 132 Å². The third-order valence-electron chi connectivity index (χ3n) is 3.37. The summed E-state index contributed by atoms with van der Waals surface area (Å²) in [5, 5.41) is 0. The van der Waals surface area contributed by atoms with Gasteiger partial charge in [-0.05, 0) is 11.5 Å². The van der Waals surface area contributed by atoms with Crippen LogP contribution in [-0.2, 0) is 23.4 Å². The van der Waals surface area contributed by atoms with Gasteiger partial charge < -0.3 is 9.47 Å². The van der Waals surface area contributed by atoms with Gasteiger partial charge in [0.25, 0.3) is 5.56 Å². The summed E-state index contributed by atoms with van der Waals surface area (Å²) in [7, 11) is -1.83. The van der Waals surface area contributed by atoms with E-state index in [-0.39, 0.29) is 13.0 Å². The Morgan fingerprint density at radius 2 is 2.22 bits per heavy atom. The summed E-state index contributed by atoms with van der Waals surface area (Å²) in [5.41, 5.74) is -0.729. The molecule has 1 fully saturated rings. The van der Waals surface area contributed by atoms with Crippen molar-refractivity contribution < 1.29 is 23.4 Å². The Hall–Kier alpha value is -1.83. The number of carbonyl (C=O) groups excluding carboxylic acids is 1. The number of hydrogen-bond acceptors (Lipinski definition) is 7. The summed E-state index contributed by atoms with van der Waals surface area (Å²) in [6.07, 6.45) is -0.390. The Bertz CT molecular complexity index is 726. The van der Waals surface area contributed by atoms with Gasteiger partial charge in [0.05, 0.1) is 0 Å². The molecular formula is C13H18N2O7P+. The van der Waals surface area contributed by atoms with Crippen LogP contribution in [0.2, 0.25) is 0 Å². The van der Waals surface area contributed by atoms with Crippen LogP contribution in [0.15, 0.2) is 15.8 Å². The molecule has 2 rings (SSSR count). The van der Waals surface area contributed by atoms with Crippen molar-refractivity contribution in [2.75, 3.05) is 13.3 Å². The first-order chi connectivity index (χ1) is 10.8. The number of carbonyl (C=O) groups is 1. The van der Waals surface area contributed by atoms with E-state index >= 15 is 0 Å². The zero-order chi connectivity index (χ0) is 17.1. The Kier molecular flexibility index (Phi) is 5.46. The predicted molar refractivity (Wildman–Crippen MR) is 79.6 cm³/mol. The molecule has 1 unspecified atom stereocenters. The minimum absolute atomic E-state index is 0.0305. The fourth-order valence-corrected chi connectivity index (χ4v) is 2.69. The summed E-state index contributed by atoms with van der Waals surface area (Å²) in [5.74, 6) is -0.491. The number of esters is 1. The largest absolute Gasteiger partial charge is 0.504 e. The molecule has 9 nitrogen and oxygen atoms in total. The third kappa shape index (κ3) is 4.34. The highest BCUT2D eigenvalue weighted by Gasteiger charge is 2.40. The van der Waals surface area contributed by atoms with E-state index in [9.17, 15) is 18.9 Å². The number of nitrogens with one attached hydrogen (secondary N) is 1. The molecule has 1 saturated heterocycles. The van der Waals surface area contributed by atoms with Crippen molar-refractivity contribution in [2.45, 2.75) is 38.7 Å². The van der Waals surface area contributed by atoms with Crippen LogP contribution < -0.4 is 11.2 Å². The van der Waals surface area contributed by atoms with Crippen LogP contribution in [0.3, 0.4) is 0 Å². The second-order valence-electron chi connectivity index (χ2n) is 5.23. The van der Waals surface area contributed by atoms with Gasteiger partial charge in [-0.25, -0.2) is 4.79 Å². The minimum Gasteiger partial charge on any atom is -0.460 e. The SMILES string of the molecule is CC(=O)O[C@H]1C[C@H](n2cc(C)c(=O)[nH]c2=O)O[C@@H]1CO[P+](C)=O. The molecule has 0 bridgehead atoms. The number of aryl methyl sites for hydroxylation is 1. The maximum atomic E-state index is 11.9. The molecule has 0 aliphatic carbocycles. The lowest BCUT2D eigenvalue weighted by molar-refractivity contribution is -0.150. The van der Waals surface area contributed by atoms with Crippen LogP contribution in [-0.4, -0.2) is 41.0 Å². The van der Waals surface area contributed by atoms with E-state index in [1.54, 1.807) is 6.92 Å². The van der Waals surface area contributed by atoms with Crippen molar-refractivity contribution >= 4 is 14.0 Å². The zero-order valence-corrected chi connectivity index (χ0v) is 13.9. The third-order valence-corrected chi connectivity index (χ3v) is 3.89. The van der Waals surface area contributed by atoms with Crippen LogP contribution >= 0.6 is 8.03 Å². The van der Waals surface area contributed by atoms with Gasteiger partial charge in [-0.15, -0.1) is 4.52 Å². The summed E-state index contributed by atoms with van der Waals surface area (Å²) in [6.45, 7) is 4.20. The fourth-order valence-electron chi connectivity index (χ4n) is 2.34. The quantitative estimate of drug-likeness (QED) is 0.608. The topological polar surface area (TPSA) is 117 Å². The van der Waals surface area contributed by atoms with Gasteiger partial charge in [0, 0.05) is 25.1 Å². The highest BCUT2D eigenvalue weighted by Crippen LogP contribution is 2.31. The molecule has 0 saturated carbocycles. The van der Waals surface area contributed by atoms with Gasteiger partial charge in [-0.3, -0.25) is 19.1 Å². The van der Waals surface area contributed by atoms with Crippen molar-refractivity contribution in [3.63, 3.8) is 0 Å². The normalized spacial score (nSPS) is 24.5. The first-order valence-corrected chi connectivity index (χ1v) is 8.59. The monoisotopic (exact) mass is 345 g/mol. The molecular weight excluding hydrogens is 327 g/mol. The lowest BCUT2D eigenvalue weighted by Crippen LogP contribution is -2.33. The Morgan fingerprint density at radius 3 is 2.83 bits per heavy atom. The van der Waals surface area contributed by atoms with Crippen LogP contribution in [0.5, 0.6) is 0 Å². The van der Waals surface area contributed by atoms with E-state index in [1.165, 1.54) is 24.4 Å². The van der Waals surface area contributed by atoms with Crippen molar-refractivity contribution in [3.8, 4) is 0 Å². The molecule has 1 N–H and O–H groups in total. The molecule has 0 amide bonds. The van der Waals surface area contributed by atoms with Gasteiger partial charge in [-0.2, -0.15) is 0 Å². The predicted octanol–water partition coefficient (Wildman–Crippen LogP) is 0.453. The molecule has 1 aliphatic rings. The number of H-pyrrole nitrogens is 1. The van der Waals surface area contributed by atoms with Crippen molar-refractivity contribution in [1.29, 1.82) is 0 Å². The molecule has 0 aromatic carbocycles. The molecule has 1 aliphatic heterocycles. The standard InChI is InChI=1S/C13H17N2O7P/c1-7-5-15(13(18)14-12(7)17)11-4-9(21-8(2)16)10(22-11)6-20-23(3)19/h5,9-11H,4,6H2,1-3H3/p+1/t9-,10+,11+/m0/s1. The molecule has 23 heavy (non-hydrogen) atoms. The van der Waals surface area contributed by atoms with Gasteiger partial charge >= 0.3 is 19.7 Å². The second kappa shape index (κ2) is 7.16. The zero-order valence-electron chi connectivity index (χ0n) is 13.0. The number of aromatic amines is 1. The summed E-state index contributed by atoms with van der Waals surface area (Å²) < 4.78 is 28.2. The fraction of sp³-hybridized carbons (Fsp3) is 0.615. The van der Waals surface area contributed by atoms with E-state index in [2.05, 4.69) is 4.98 Å². The van der Waals surface area contributed by atoms with Crippen molar-refractivity contribution in [3.05, 3.63) is 32.6 Å². The van der Waals surface area contributed by atoms with Crippen LogP contribution in [0, 0.1) is 6.92 Å². The molecule has 1 aromatic rings. The van der Waals surface area contributed by atoms with E-state index in [0.717, 1.165) is 0 Å². The lowest BCUT2D eigenvalue weighted by atomic mass is 10.2. The van der Waals surface area contributed by atoms with E-state index in [4.69, 9.17) is 14.0 Å². The molecule has 0 radical (unpaired) electrons. The molecule has 1 aromatic heterocycles. The number of hydrogen-bond donors (Lipinski definition) is 1. The molecule has 0 spiro atoms. The molecule has 126 valence electrons. The minimum atomic E-state index is -1.83. The lowest BCUT2D eigenvalue weighted by Gasteiger charge is -2.15. The first kappa shape index (κ1) is 17.5. The number of rotatable bonds is 5. The van der Waals surface area contributed by atoms with Crippen molar-refractivity contribution in [1.82, 2.24) is 9.55 Å². The van der Waals surface area contributed by atoms with E-state index in [0.29, 0.717) is 5.56 Å². The highest BCUT2D eigenvalue weighted by molar-refractivity contribution is 7.38. The van der Waals surface area contributed by atoms with Crippen molar-refractivity contribution in [2.24, 2.45) is 0 Å². The maximum absolute atomic E-state index is 11.9. The smallest absolute Gasteiger partial charge is 0.460 e. The van der Waals surface area contributed by atoms with Gasteiger partial charge in [-0.1, -0.05) is 0 Å². The summed E-state index contributed by atoms with van der Waals surface area (Å²) in [6, 6.07) is 0. The average molecular weight is 345 g/mol. The number of nitrogens with zero attached hydrogens (tertiary/aromatic N) is 1. The molecule has 4 atom stereocenters. The summed E-state index contributed by atoms with van der Waals surface area (Å²) in [4.78, 5) is 36.7. The van der Waals surface area contributed by atoms with Crippen LogP contribution in [0.1, 0.15) is 25.1 Å². The average Bonchev–Trinajstić information content (AvgIpc) is 2.82. The number of ether oxygens (including phenoxy) is 2. The Balaban J connectivity index is 2.23. The molecule has 10 heteroatoms. The Morgan fingerprint density at radius 1 is 1.52 bits per heavy atom.